The number of carboxylic acids is 1. The maximum atomic E-state index is 12.5. The van der Waals surface area contributed by atoms with E-state index in [0.717, 1.165) is 18.4 Å². The van der Waals surface area contributed by atoms with Crippen LogP contribution in [0.2, 0.25) is 0 Å². The summed E-state index contributed by atoms with van der Waals surface area (Å²) in [5.74, 6) is -0.653. The van der Waals surface area contributed by atoms with Crippen molar-refractivity contribution in [2.24, 2.45) is 11.8 Å². The Balaban J connectivity index is 1.90. The van der Waals surface area contributed by atoms with Gasteiger partial charge in [-0.3, -0.25) is 9.59 Å². The smallest absolute Gasteiger partial charge is 0.308 e. The Bertz CT molecular complexity index is 537. The minimum absolute atomic E-state index is 0.109. The first-order valence-corrected chi connectivity index (χ1v) is 8.24. The number of piperidine rings is 1. The molecule has 0 aromatic heterocycles. The van der Waals surface area contributed by atoms with E-state index in [1.54, 1.807) is 0 Å². The van der Waals surface area contributed by atoms with Crippen molar-refractivity contribution >= 4 is 11.9 Å². The second-order valence-corrected chi connectivity index (χ2v) is 6.54. The third kappa shape index (κ3) is 3.01. The third-order valence-electron chi connectivity index (χ3n) is 5.09. The number of likely N-dealkylation sites (tertiary alicyclic amines) is 1. The highest BCUT2D eigenvalue weighted by Crippen LogP contribution is 2.39. The van der Waals surface area contributed by atoms with Crippen molar-refractivity contribution in [3.8, 4) is 0 Å². The van der Waals surface area contributed by atoms with E-state index in [1.165, 1.54) is 12.8 Å². The van der Waals surface area contributed by atoms with Gasteiger partial charge in [0.25, 0.3) is 0 Å². The Morgan fingerprint density at radius 2 is 1.82 bits per heavy atom. The van der Waals surface area contributed by atoms with Crippen LogP contribution < -0.4 is 0 Å². The molecule has 4 heteroatoms. The molecule has 1 saturated carbocycles. The summed E-state index contributed by atoms with van der Waals surface area (Å²) in [4.78, 5) is 26.0. The molecule has 1 aromatic rings. The highest BCUT2D eigenvalue weighted by Gasteiger charge is 2.41. The van der Waals surface area contributed by atoms with Gasteiger partial charge in [-0.05, 0) is 30.7 Å². The van der Waals surface area contributed by atoms with Gasteiger partial charge < -0.3 is 10.0 Å². The van der Waals surface area contributed by atoms with Crippen LogP contribution in [0.1, 0.15) is 50.1 Å². The Hall–Kier alpha value is -1.84. The monoisotopic (exact) mass is 301 g/mol. The molecule has 22 heavy (non-hydrogen) atoms. The highest BCUT2D eigenvalue weighted by molar-refractivity contribution is 5.81. The van der Waals surface area contributed by atoms with Crippen LogP contribution in [-0.4, -0.2) is 28.4 Å². The van der Waals surface area contributed by atoms with Crippen LogP contribution in [0.4, 0.5) is 0 Å². The molecule has 2 aliphatic rings. The lowest BCUT2D eigenvalue weighted by Crippen LogP contribution is -2.47. The fourth-order valence-electron chi connectivity index (χ4n) is 3.96. The lowest BCUT2D eigenvalue weighted by Gasteiger charge is -2.41. The van der Waals surface area contributed by atoms with Crippen LogP contribution in [0.5, 0.6) is 0 Å². The normalized spacial score (nSPS) is 26.4. The summed E-state index contributed by atoms with van der Waals surface area (Å²) in [7, 11) is 0. The number of hydrogen-bond donors (Lipinski definition) is 1. The SMILES string of the molecule is O=C(O)[C@H]1CCC(=O)N(CC2CCCC2)[C@H]1c1ccccc1. The molecule has 2 fully saturated rings. The molecule has 0 unspecified atom stereocenters. The summed E-state index contributed by atoms with van der Waals surface area (Å²) in [6, 6.07) is 9.33. The summed E-state index contributed by atoms with van der Waals surface area (Å²) in [5, 5.41) is 9.60. The predicted molar refractivity (Wildman–Crippen MR) is 83.2 cm³/mol. The average molecular weight is 301 g/mol. The van der Waals surface area contributed by atoms with Gasteiger partial charge in [0.05, 0.1) is 12.0 Å². The van der Waals surface area contributed by atoms with Crippen LogP contribution in [0.3, 0.4) is 0 Å². The summed E-state index contributed by atoms with van der Waals surface area (Å²) in [5.41, 5.74) is 0.945. The molecule has 1 heterocycles. The van der Waals surface area contributed by atoms with E-state index in [-0.39, 0.29) is 11.9 Å². The molecule has 118 valence electrons. The second-order valence-electron chi connectivity index (χ2n) is 6.54. The zero-order valence-electron chi connectivity index (χ0n) is 12.8. The predicted octanol–water partition coefficient (Wildman–Crippen LogP) is 3.24. The molecule has 3 rings (SSSR count). The number of hydrogen-bond acceptors (Lipinski definition) is 2. The van der Waals surface area contributed by atoms with E-state index in [9.17, 15) is 14.7 Å². The average Bonchev–Trinajstić information content (AvgIpc) is 3.03. The number of amides is 1. The van der Waals surface area contributed by atoms with Crippen molar-refractivity contribution in [2.45, 2.75) is 44.6 Å². The van der Waals surface area contributed by atoms with Crippen molar-refractivity contribution in [3.05, 3.63) is 35.9 Å². The largest absolute Gasteiger partial charge is 0.481 e. The van der Waals surface area contributed by atoms with Crippen molar-refractivity contribution in [3.63, 3.8) is 0 Å². The number of rotatable bonds is 4. The maximum absolute atomic E-state index is 12.5. The fraction of sp³-hybridized carbons (Fsp3) is 0.556. The van der Waals surface area contributed by atoms with Crippen molar-refractivity contribution in [1.82, 2.24) is 4.90 Å². The minimum Gasteiger partial charge on any atom is -0.481 e. The van der Waals surface area contributed by atoms with Gasteiger partial charge >= 0.3 is 5.97 Å². The molecule has 1 saturated heterocycles. The van der Waals surface area contributed by atoms with Crippen molar-refractivity contribution in [2.75, 3.05) is 6.54 Å². The first kappa shape index (κ1) is 15.1. The van der Waals surface area contributed by atoms with Crippen molar-refractivity contribution < 1.29 is 14.7 Å². The molecule has 0 bridgehead atoms. The topological polar surface area (TPSA) is 57.6 Å². The van der Waals surface area contributed by atoms with Crippen LogP contribution >= 0.6 is 0 Å². The Kier molecular flexibility index (Phi) is 4.46. The number of aliphatic carboxylic acids is 1. The van der Waals surface area contributed by atoms with Gasteiger partial charge in [-0.25, -0.2) is 0 Å². The lowest BCUT2D eigenvalue weighted by molar-refractivity contribution is -0.152. The first-order chi connectivity index (χ1) is 10.7. The van der Waals surface area contributed by atoms with Gasteiger partial charge in [-0.2, -0.15) is 0 Å². The second kappa shape index (κ2) is 6.51. The third-order valence-corrected chi connectivity index (χ3v) is 5.09. The number of carbonyl (C=O) groups is 2. The Morgan fingerprint density at radius 3 is 2.45 bits per heavy atom. The quantitative estimate of drug-likeness (QED) is 0.928. The summed E-state index contributed by atoms with van der Waals surface area (Å²) in [6.45, 7) is 0.710. The van der Waals surface area contributed by atoms with E-state index >= 15 is 0 Å². The van der Waals surface area contributed by atoms with Gasteiger partial charge in [0, 0.05) is 13.0 Å². The molecule has 1 aliphatic carbocycles. The Morgan fingerprint density at radius 1 is 1.14 bits per heavy atom. The van der Waals surface area contributed by atoms with Crippen molar-refractivity contribution in [1.29, 1.82) is 0 Å². The van der Waals surface area contributed by atoms with E-state index in [1.807, 2.05) is 35.2 Å². The number of benzene rings is 1. The maximum Gasteiger partial charge on any atom is 0.308 e. The molecule has 0 spiro atoms. The summed E-state index contributed by atoms with van der Waals surface area (Å²) in [6.07, 6.45) is 5.56. The van der Waals surface area contributed by atoms with Gasteiger partial charge in [0.15, 0.2) is 0 Å². The van der Waals surface area contributed by atoms with Gasteiger partial charge in [0.2, 0.25) is 5.91 Å². The molecular formula is C18H23NO3. The standard InChI is InChI=1S/C18H23NO3/c20-16-11-10-15(18(21)22)17(14-8-2-1-3-9-14)19(16)12-13-6-4-5-7-13/h1-3,8-9,13,15,17H,4-7,10-12H2,(H,21,22)/t15-,17-/m0/s1. The molecule has 4 nitrogen and oxygen atoms in total. The van der Waals surface area contributed by atoms with Crippen LogP contribution in [-0.2, 0) is 9.59 Å². The number of nitrogens with zero attached hydrogens (tertiary/aromatic N) is 1. The first-order valence-electron chi connectivity index (χ1n) is 8.24. The molecule has 2 atom stereocenters. The highest BCUT2D eigenvalue weighted by atomic mass is 16.4. The van der Waals surface area contributed by atoms with Crippen LogP contribution in [0.15, 0.2) is 30.3 Å². The lowest BCUT2D eigenvalue weighted by atomic mass is 9.83. The molecule has 1 amide bonds. The zero-order valence-corrected chi connectivity index (χ0v) is 12.8. The molecule has 1 N–H and O–H groups in total. The van der Waals surface area contributed by atoms with E-state index in [0.29, 0.717) is 25.3 Å². The summed E-state index contributed by atoms with van der Waals surface area (Å²) < 4.78 is 0. The van der Waals surface area contributed by atoms with E-state index < -0.39 is 11.9 Å². The molecule has 0 radical (unpaired) electrons. The van der Waals surface area contributed by atoms with E-state index in [4.69, 9.17) is 0 Å². The van der Waals surface area contributed by atoms with Gasteiger partial charge in [0.1, 0.15) is 0 Å². The Labute approximate surface area is 131 Å². The van der Waals surface area contributed by atoms with Gasteiger partial charge in [-0.1, -0.05) is 43.2 Å². The number of carboxylic acid groups (broad SMARTS) is 1. The fourth-order valence-corrected chi connectivity index (χ4v) is 3.96. The van der Waals surface area contributed by atoms with Gasteiger partial charge in [-0.15, -0.1) is 0 Å². The van der Waals surface area contributed by atoms with Crippen LogP contribution in [0.25, 0.3) is 0 Å². The number of carbonyl (C=O) groups excluding carboxylic acids is 1. The minimum atomic E-state index is -0.794. The van der Waals surface area contributed by atoms with Crippen LogP contribution in [0, 0.1) is 11.8 Å². The molecular weight excluding hydrogens is 278 g/mol. The zero-order chi connectivity index (χ0) is 15.5. The molecule has 1 aliphatic heterocycles. The van der Waals surface area contributed by atoms with E-state index in [2.05, 4.69) is 0 Å². The molecule has 1 aromatic carbocycles. The summed E-state index contributed by atoms with van der Waals surface area (Å²) >= 11 is 0.